The fraction of sp³-hybridized carbons (Fsp3) is 0.0217. The molecule has 0 aromatic heterocycles. The summed E-state index contributed by atoms with van der Waals surface area (Å²) in [5, 5.41) is 11.6. The van der Waals surface area contributed by atoms with E-state index in [9.17, 15) is 4.79 Å². The molecule has 6 heteroatoms. The predicted octanol–water partition coefficient (Wildman–Crippen LogP) is 7.58. The van der Waals surface area contributed by atoms with Gasteiger partial charge < -0.3 is 0 Å². The normalized spacial score (nSPS) is 14.3. The van der Waals surface area contributed by atoms with Crippen molar-refractivity contribution in [1.29, 1.82) is 0 Å². The van der Waals surface area contributed by atoms with Crippen molar-refractivity contribution < 1.29 is 9.42 Å². The Balaban J connectivity index is 1.65. The average molecular weight is 713 g/mol. The van der Waals surface area contributed by atoms with E-state index in [1.165, 1.54) is 15.9 Å². The molecular formula is C46H38N2O2P2. The Bertz CT molecular complexity index is 2220. The zero-order chi connectivity index (χ0) is 35.5. The Morgan fingerprint density at radius 2 is 0.846 bits per heavy atom. The number of para-hydroxylation sites is 1. The van der Waals surface area contributed by atoms with Gasteiger partial charge in [0.05, 0.1) is 0 Å². The summed E-state index contributed by atoms with van der Waals surface area (Å²) in [4.78, 5) is 15.7. The van der Waals surface area contributed by atoms with Gasteiger partial charge in [0.1, 0.15) is 0 Å². The number of likely N-dealkylation sites (N-methyl/N-ethyl adjacent to an activating group) is 1. The molecule has 0 spiro atoms. The van der Waals surface area contributed by atoms with E-state index < -0.39 is 13.7 Å². The van der Waals surface area contributed by atoms with Crippen molar-refractivity contribution in [2.45, 2.75) is 0 Å². The van der Waals surface area contributed by atoms with Crippen LogP contribution >= 0.6 is 13.7 Å². The van der Waals surface area contributed by atoms with Crippen LogP contribution in [-0.2, 0) is 9.42 Å². The third kappa shape index (κ3) is 5.27. The fourth-order valence-electron chi connectivity index (χ4n) is 7.51. The van der Waals surface area contributed by atoms with Crippen LogP contribution in [-0.4, -0.2) is 24.2 Å². The predicted molar refractivity (Wildman–Crippen MR) is 224 cm³/mol. The van der Waals surface area contributed by atoms with Crippen LogP contribution in [0.5, 0.6) is 0 Å². The van der Waals surface area contributed by atoms with Gasteiger partial charge in [-0.05, 0) is 0 Å². The molecule has 7 aromatic carbocycles. The summed E-state index contributed by atoms with van der Waals surface area (Å²) >= 11 is 0. The average Bonchev–Trinajstić information content (AvgIpc) is 3.48. The number of rotatable bonds is 9. The molecule has 7 aromatic rings. The molecule has 254 valence electrons. The zero-order valence-corrected chi connectivity index (χ0v) is 30.6. The summed E-state index contributed by atoms with van der Waals surface area (Å²) in [5.74, 6) is -0.206. The minimum absolute atomic E-state index is 0.206. The van der Waals surface area contributed by atoms with Crippen LogP contribution in [0.15, 0.2) is 211 Å². The van der Waals surface area contributed by atoms with Gasteiger partial charge in [0.15, 0.2) is 0 Å². The van der Waals surface area contributed by atoms with Gasteiger partial charge in [0.2, 0.25) is 0 Å². The van der Waals surface area contributed by atoms with Crippen molar-refractivity contribution in [2.75, 3.05) is 11.9 Å². The number of anilines is 1. The van der Waals surface area contributed by atoms with E-state index in [-0.39, 0.29) is 11.6 Å². The van der Waals surface area contributed by atoms with Gasteiger partial charge in [-0.2, -0.15) is 0 Å². The molecule has 0 radical (unpaired) electrons. The van der Waals surface area contributed by atoms with Crippen LogP contribution in [0.25, 0.3) is 0 Å². The summed E-state index contributed by atoms with van der Waals surface area (Å²) in [6.07, 6.45) is 0. The van der Waals surface area contributed by atoms with Crippen molar-refractivity contribution in [3.8, 4) is 0 Å². The molecule has 1 amide bonds. The van der Waals surface area contributed by atoms with E-state index in [2.05, 4.69) is 169 Å². The van der Waals surface area contributed by atoms with E-state index in [1.807, 2.05) is 42.5 Å². The van der Waals surface area contributed by atoms with Crippen LogP contribution in [0.4, 0.5) is 5.69 Å². The van der Waals surface area contributed by atoms with E-state index in [1.54, 1.807) is 11.9 Å². The van der Waals surface area contributed by atoms with Gasteiger partial charge in [-0.25, -0.2) is 0 Å². The molecule has 0 aliphatic carbocycles. The van der Waals surface area contributed by atoms with E-state index >= 15 is 0 Å². The second kappa shape index (κ2) is 13.7. The number of carbonyl (C=O) groups excluding carboxylic acids is 1. The van der Waals surface area contributed by atoms with Gasteiger partial charge in [-0.1, -0.05) is 0 Å². The molecule has 8 rings (SSSR count). The maximum absolute atomic E-state index is 14.1. The minimum atomic E-state index is -4.39. The molecule has 0 bridgehead atoms. The second-order valence-electron chi connectivity index (χ2n) is 12.9. The van der Waals surface area contributed by atoms with Gasteiger partial charge in [-0.3, -0.25) is 0 Å². The van der Waals surface area contributed by atoms with Gasteiger partial charge in [0.25, 0.3) is 0 Å². The number of oxime groups is 1. The summed E-state index contributed by atoms with van der Waals surface area (Å²) < 4.78 is 7.70. The van der Waals surface area contributed by atoms with Crippen molar-refractivity contribution >= 4 is 68.4 Å². The van der Waals surface area contributed by atoms with Crippen LogP contribution in [0.2, 0.25) is 0 Å². The standard InChI is InChI=1S/C46H38N2O2P2/c1-48-44-35-21-20-34-43(44)45(46(48)49)47-50-52(40-28-14-5-15-29-40,41-30-16-6-17-31-41,42-32-18-7-19-33-42)36-51(37-22-8-2-9-23-37,38-24-10-3-11-25-38)39-26-12-4-13-27-39/h2-36H,1H3. The molecule has 0 fully saturated rings. The molecule has 1 heterocycles. The Kier molecular flexibility index (Phi) is 8.81. The molecule has 0 N–H and O–H groups in total. The monoisotopic (exact) mass is 712 g/mol. The van der Waals surface area contributed by atoms with Crippen LogP contribution in [0, 0.1) is 0 Å². The number of nitrogens with zero attached hydrogens (tertiary/aromatic N) is 2. The molecular weight excluding hydrogens is 674 g/mol. The van der Waals surface area contributed by atoms with Crippen molar-refractivity contribution in [1.82, 2.24) is 0 Å². The zero-order valence-electron chi connectivity index (χ0n) is 28.8. The number of hydrogen-bond donors (Lipinski definition) is 0. The number of benzene rings is 7. The first-order valence-corrected chi connectivity index (χ1v) is 21.4. The first-order chi connectivity index (χ1) is 25.6. The van der Waals surface area contributed by atoms with E-state index in [0.717, 1.165) is 27.2 Å². The van der Waals surface area contributed by atoms with Crippen LogP contribution < -0.4 is 36.7 Å². The first-order valence-electron chi connectivity index (χ1n) is 17.3. The quantitative estimate of drug-likeness (QED) is 0.115. The molecule has 1 aliphatic rings. The number of amides is 1. The fourth-order valence-corrected chi connectivity index (χ4v) is 20.1. The van der Waals surface area contributed by atoms with Gasteiger partial charge >= 0.3 is 307 Å². The van der Waals surface area contributed by atoms with Crippen molar-refractivity contribution in [3.63, 3.8) is 0 Å². The Hall–Kier alpha value is -5.79. The molecule has 0 saturated heterocycles. The Labute approximate surface area is 305 Å². The summed E-state index contributed by atoms with van der Waals surface area (Å²) in [6, 6.07) is 71.7. The van der Waals surface area contributed by atoms with Crippen molar-refractivity contribution in [3.05, 3.63) is 212 Å². The first kappa shape index (κ1) is 33.4. The maximum atomic E-state index is 14.1. The third-order valence-corrected chi connectivity index (χ3v) is 20.9. The molecule has 1 aliphatic heterocycles. The topological polar surface area (TPSA) is 41.9 Å². The van der Waals surface area contributed by atoms with Gasteiger partial charge in [0, 0.05) is 0 Å². The van der Waals surface area contributed by atoms with Crippen LogP contribution in [0.1, 0.15) is 5.56 Å². The molecule has 4 nitrogen and oxygen atoms in total. The van der Waals surface area contributed by atoms with E-state index in [4.69, 9.17) is 9.78 Å². The molecule has 0 saturated carbocycles. The summed E-state index contributed by atoms with van der Waals surface area (Å²) in [6.45, 7) is -7.13. The third-order valence-electron chi connectivity index (χ3n) is 10.0. The summed E-state index contributed by atoms with van der Waals surface area (Å²) in [7, 11) is 1.79. The van der Waals surface area contributed by atoms with Crippen molar-refractivity contribution in [2.24, 2.45) is 5.16 Å². The number of fused-ring (bicyclic) bond motifs is 1. The molecule has 0 atom stereocenters. The second-order valence-corrected chi connectivity index (χ2v) is 20.7. The molecule has 52 heavy (non-hydrogen) atoms. The number of hydrogen-bond acceptors (Lipinski definition) is 3. The molecule has 0 unspecified atom stereocenters. The van der Waals surface area contributed by atoms with Gasteiger partial charge in [-0.15, -0.1) is 0 Å². The Morgan fingerprint density at radius 3 is 1.25 bits per heavy atom. The van der Waals surface area contributed by atoms with E-state index in [0.29, 0.717) is 0 Å². The number of carbonyl (C=O) groups is 1. The Morgan fingerprint density at radius 1 is 0.500 bits per heavy atom. The van der Waals surface area contributed by atoms with Crippen LogP contribution in [0.3, 0.4) is 0 Å². The summed E-state index contributed by atoms with van der Waals surface area (Å²) in [5.41, 5.74) is 4.40. The SMILES string of the molecule is CN1C(=O)C(=NOP(C=P(c2ccccc2)(c2ccccc2)c2ccccc2)(c2ccccc2)(c2ccccc2)c2ccccc2)c2ccccc21.